The summed E-state index contributed by atoms with van der Waals surface area (Å²) in [5, 5.41) is 12.3. The fourth-order valence-corrected chi connectivity index (χ4v) is 6.79. The number of nitrogen functional groups attached to an aromatic ring is 1. The third kappa shape index (κ3) is 8.34. The smallest absolute Gasteiger partial charge is 0.465 e. The summed E-state index contributed by atoms with van der Waals surface area (Å²) in [5.74, 6) is -5.44. The largest absolute Gasteiger partial charge is 0.756 e. The van der Waals surface area contributed by atoms with Gasteiger partial charge in [0.1, 0.15) is 30.3 Å². The van der Waals surface area contributed by atoms with Crippen LogP contribution in [-0.2, 0) is 38.8 Å². The number of rotatable bonds is 13. The molecule has 2 heterocycles. The molecule has 19 heteroatoms. The number of hydrogen-bond donors (Lipinski definition) is 3. The number of aliphatic hydroxyl groups is 1. The zero-order chi connectivity index (χ0) is 32.1. The predicted molar refractivity (Wildman–Crippen MR) is 146 cm³/mol. The Hall–Kier alpha value is -3.53. The Labute approximate surface area is 248 Å². The van der Waals surface area contributed by atoms with E-state index in [1.807, 2.05) is 0 Å². The molecule has 0 saturated carbocycles. The van der Waals surface area contributed by atoms with E-state index >= 15 is 0 Å². The molecule has 0 amide bonds. The van der Waals surface area contributed by atoms with E-state index < -0.39 is 64.2 Å². The minimum atomic E-state index is -5.72. The molecule has 238 valence electrons. The maximum atomic E-state index is 14.8. The number of aromatic nitrogens is 2. The minimum absolute atomic E-state index is 0.132. The van der Waals surface area contributed by atoms with E-state index in [0.29, 0.717) is 10.1 Å². The van der Waals surface area contributed by atoms with Crippen molar-refractivity contribution in [2.24, 2.45) is 0 Å². The summed E-state index contributed by atoms with van der Waals surface area (Å²) >= 11 is 0. The first-order valence-corrected chi connectivity index (χ1v) is 15.8. The Morgan fingerprint density at radius 3 is 2.45 bits per heavy atom. The molecule has 4 rings (SSSR count). The number of phosphoric ester groups is 1. The third-order valence-electron chi connectivity index (χ3n) is 5.99. The highest BCUT2D eigenvalue weighted by Gasteiger charge is 2.60. The van der Waals surface area contributed by atoms with Crippen LogP contribution in [0.4, 0.5) is 14.6 Å². The van der Waals surface area contributed by atoms with E-state index in [2.05, 4.69) is 14.6 Å². The number of aliphatic hydroxyl groups excluding tert-OH is 1. The first-order valence-electron chi connectivity index (χ1n) is 12.7. The lowest BCUT2D eigenvalue weighted by molar-refractivity contribution is -0.220. The van der Waals surface area contributed by atoms with Crippen LogP contribution in [-0.4, -0.2) is 51.4 Å². The molecule has 4 N–H and O–H groups in total. The Kier molecular flexibility index (Phi) is 10.3. The summed E-state index contributed by atoms with van der Waals surface area (Å²) in [6, 6.07) is 15.3. The lowest BCUT2D eigenvalue weighted by atomic mass is 10.1. The molecule has 3 aromatic rings. The molecule has 2 aromatic carbocycles. The van der Waals surface area contributed by atoms with Crippen molar-refractivity contribution in [2.45, 2.75) is 43.9 Å². The van der Waals surface area contributed by atoms with Crippen molar-refractivity contribution in [1.82, 2.24) is 14.6 Å². The number of nitrogens with zero attached hydrogens (tertiary/aromatic N) is 2. The molecule has 1 aliphatic heterocycles. The number of carbonyl (C=O) groups excluding carboxylic acids is 1. The van der Waals surface area contributed by atoms with Crippen LogP contribution >= 0.6 is 15.6 Å². The van der Waals surface area contributed by atoms with Gasteiger partial charge in [-0.2, -0.15) is 18.9 Å². The molecule has 1 fully saturated rings. The monoisotopic (exact) mass is 659 g/mol. The topological polar surface area (TPSA) is 214 Å². The second kappa shape index (κ2) is 13.6. The fourth-order valence-electron chi connectivity index (χ4n) is 3.86. The van der Waals surface area contributed by atoms with Gasteiger partial charge in [-0.3, -0.25) is 13.9 Å². The summed E-state index contributed by atoms with van der Waals surface area (Å²) in [5.41, 5.74) is 4.79. The molecule has 0 radical (unpaired) electrons. The van der Waals surface area contributed by atoms with Gasteiger partial charge >= 0.3 is 25.3 Å². The van der Waals surface area contributed by atoms with Gasteiger partial charge in [-0.25, -0.2) is 13.7 Å². The van der Waals surface area contributed by atoms with E-state index in [9.17, 15) is 37.5 Å². The van der Waals surface area contributed by atoms with E-state index in [0.717, 1.165) is 12.3 Å². The van der Waals surface area contributed by atoms with Crippen molar-refractivity contribution in [3.63, 3.8) is 0 Å². The summed E-state index contributed by atoms with van der Waals surface area (Å²) in [6.45, 7) is -0.203. The molecular formula is C25H27F2N4O11P2-. The van der Waals surface area contributed by atoms with Gasteiger partial charge in [0.2, 0.25) is 6.23 Å². The maximum Gasteiger partial charge on any atom is 0.465 e. The number of ether oxygens (including phenoxy) is 2. The zero-order valence-electron chi connectivity index (χ0n) is 22.8. The highest BCUT2D eigenvalue weighted by Crippen LogP contribution is 2.58. The van der Waals surface area contributed by atoms with Crippen molar-refractivity contribution >= 4 is 27.4 Å². The standard InChI is InChI=1S/C25H28F2N4O11P2/c1-16(22(33)38-14-17-8-4-2-5-9-17)30-43(35,41-18-10-6-3-7-11-18)42-44(36,37)39-15-19-21(32)25(26,27)23(40-19)31-13-12-20(28)29-24(31)34/h2-13,16,19,21,23,32H,14-15H2,1H3,(H,30,35)(H,36,37)(H2,28,29,34)/p-1/t16-,19+,21?,23+,43?/m0/s1. The van der Waals surface area contributed by atoms with E-state index in [-0.39, 0.29) is 18.2 Å². The van der Waals surface area contributed by atoms with Crippen LogP contribution < -0.4 is 25.9 Å². The predicted octanol–water partition coefficient (Wildman–Crippen LogP) is 2.13. The first kappa shape index (κ1) is 33.4. The van der Waals surface area contributed by atoms with Crippen molar-refractivity contribution in [3.05, 3.63) is 89.0 Å². The Balaban J connectivity index is 1.45. The fraction of sp³-hybridized carbons (Fsp3) is 0.320. The molecule has 0 spiro atoms. The number of hydrogen-bond acceptors (Lipinski definition) is 13. The summed E-state index contributed by atoms with van der Waals surface area (Å²) in [6.07, 6.45) is -6.20. The number of nitrogens with two attached hydrogens (primary N) is 1. The van der Waals surface area contributed by atoms with E-state index in [1.165, 1.54) is 31.2 Å². The zero-order valence-corrected chi connectivity index (χ0v) is 24.6. The highest BCUT2D eigenvalue weighted by molar-refractivity contribution is 7.63. The third-order valence-corrected chi connectivity index (χ3v) is 9.27. The van der Waals surface area contributed by atoms with Crippen LogP contribution in [0.2, 0.25) is 0 Å². The van der Waals surface area contributed by atoms with E-state index in [1.54, 1.807) is 36.4 Å². The van der Waals surface area contributed by atoms with Gasteiger partial charge in [-0.15, -0.1) is 0 Å². The second-order valence-corrected chi connectivity index (χ2v) is 12.6. The van der Waals surface area contributed by atoms with Crippen molar-refractivity contribution < 1.29 is 55.5 Å². The van der Waals surface area contributed by atoms with Gasteiger partial charge in [0.15, 0.2) is 6.10 Å². The molecular weight excluding hydrogens is 632 g/mol. The van der Waals surface area contributed by atoms with Gasteiger partial charge in [0, 0.05) is 6.20 Å². The normalized spacial score (nSPS) is 22.8. The molecule has 1 saturated heterocycles. The lowest BCUT2D eigenvalue weighted by Crippen LogP contribution is -2.42. The van der Waals surface area contributed by atoms with Gasteiger partial charge in [-0.05, 0) is 30.7 Å². The Morgan fingerprint density at radius 1 is 1.18 bits per heavy atom. The Bertz CT molecular complexity index is 1600. The SMILES string of the molecule is C[C@H](NP(=O)(Oc1ccccc1)OP(=O)([O-])OC[C@H]1O[C@@H](n2ccc(N)nc2=O)C(F)(F)C1O)C(=O)OCc1ccccc1. The average molecular weight is 659 g/mol. The average Bonchev–Trinajstić information content (AvgIpc) is 3.18. The van der Waals surface area contributed by atoms with Gasteiger partial charge < -0.3 is 34.3 Å². The van der Waals surface area contributed by atoms with Crippen LogP contribution in [0, 0.1) is 0 Å². The van der Waals surface area contributed by atoms with Crippen molar-refractivity contribution in [1.29, 1.82) is 0 Å². The lowest BCUT2D eigenvalue weighted by Gasteiger charge is -2.30. The molecule has 3 unspecified atom stereocenters. The number of carbonyl (C=O) groups is 1. The molecule has 1 aliphatic rings. The number of para-hydroxylation sites is 1. The number of halogens is 2. The number of phosphoric acid groups is 1. The number of alkyl halides is 2. The van der Waals surface area contributed by atoms with Crippen molar-refractivity contribution in [3.8, 4) is 5.75 Å². The van der Waals surface area contributed by atoms with Gasteiger partial charge in [0.05, 0.1) is 6.61 Å². The molecule has 1 aromatic heterocycles. The van der Waals surface area contributed by atoms with Crippen LogP contribution in [0.5, 0.6) is 5.75 Å². The molecule has 0 bridgehead atoms. The quantitative estimate of drug-likeness (QED) is 0.177. The van der Waals surface area contributed by atoms with Gasteiger partial charge in [0.25, 0.3) is 7.82 Å². The molecule has 15 nitrogen and oxygen atoms in total. The van der Waals surface area contributed by atoms with Crippen molar-refractivity contribution in [2.75, 3.05) is 12.3 Å². The minimum Gasteiger partial charge on any atom is -0.756 e. The van der Waals surface area contributed by atoms with E-state index in [4.69, 9.17) is 24.0 Å². The molecule has 6 atom stereocenters. The Morgan fingerprint density at radius 2 is 1.82 bits per heavy atom. The summed E-state index contributed by atoms with van der Waals surface area (Å²) in [4.78, 5) is 40.7. The summed E-state index contributed by atoms with van der Waals surface area (Å²) in [7, 11) is -10.7. The molecule has 44 heavy (non-hydrogen) atoms. The number of nitrogens with one attached hydrogen (secondary N) is 1. The van der Waals surface area contributed by atoms with Crippen LogP contribution in [0.1, 0.15) is 18.7 Å². The number of esters is 1. The maximum absolute atomic E-state index is 14.8. The van der Waals surface area contributed by atoms with Gasteiger partial charge in [-0.1, -0.05) is 48.5 Å². The molecule has 0 aliphatic carbocycles. The highest BCUT2D eigenvalue weighted by atomic mass is 31.3. The van der Waals surface area contributed by atoms with Crippen LogP contribution in [0.25, 0.3) is 0 Å². The second-order valence-electron chi connectivity index (χ2n) is 9.36. The first-order chi connectivity index (χ1) is 20.7. The number of anilines is 1. The van der Waals surface area contributed by atoms with Crippen LogP contribution in [0.15, 0.2) is 77.7 Å². The summed E-state index contributed by atoms with van der Waals surface area (Å²) < 4.78 is 81.0. The number of benzene rings is 2. The van der Waals surface area contributed by atoms with Crippen LogP contribution in [0.3, 0.4) is 0 Å².